The summed E-state index contributed by atoms with van der Waals surface area (Å²) < 4.78 is 6.00. The van der Waals surface area contributed by atoms with Crippen molar-refractivity contribution in [2.24, 2.45) is 4.99 Å². The van der Waals surface area contributed by atoms with Crippen LogP contribution in [0.4, 0.5) is 0 Å². The molecule has 0 amide bonds. The standard InChI is InChI=1S/C24H23NO2.ClH/c1-16(26)17-8-11-19(12-9-17)27-15-23-21-13-10-18-6-4-5-7-20(18)22(21)14-24(2,3)25-23;/h4-13H,14-15H2,1-3H3;1H. The van der Waals surface area contributed by atoms with Crippen molar-refractivity contribution in [2.45, 2.75) is 32.7 Å². The van der Waals surface area contributed by atoms with Crippen LogP contribution in [0.25, 0.3) is 10.8 Å². The summed E-state index contributed by atoms with van der Waals surface area (Å²) in [6, 6.07) is 20.1. The van der Waals surface area contributed by atoms with Crippen molar-refractivity contribution >= 4 is 34.7 Å². The van der Waals surface area contributed by atoms with E-state index < -0.39 is 0 Å². The second kappa shape index (κ2) is 7.76. The molecule has 0 fully saturated rings. The first-order chi connectivity index (χ1) is 12.9. The minimum Gasteiger partial charge on any atom is -0.487 e. The molecule has 0 aromatic heterocycles. The number of hydrogen-bond acceptors (Lipinski definition) is 3. The minimum atomic E-state index is -0.158. The quantitative estimate of drug-likeness (QED) is 0.536. The Balaban J connectivity index is 0.00000225. The second-order valence-corrected chi connectivity index (χ2v) is 7.73. The molecular formula is C24H24ClNO2. The monoisotopic (exact) mass is 393 g/mol. The minimum absolute atomic E-state index is 0. The van der Waals surface area contributed by atoms with Crippen LogP contribution in [0.1, 0.15) is 42.3 Å². The van der Waals surface area contributed by atoms with Gasteiger partial charge in [-0.15, -0.1) is 12.4 Å². The Morgan fingerprint density at radius 3 is 2.46 bits per heavy atom. The number of hydrogen-bond donors (Lipinski definition) is 0. The van der Waals surface area contributed by atoms with Crippen LogP contribution < -0.4 is 4.74 Å². The molecule has 144 valence electrons. The van der Waals surface area contributed by atoms with E-state index in [1.807, 2.05) is 12.1 Å². The van der Waals surface area contributed by atoms with E-state index >= 15 is 0 Å². The van der Waals surface area contributed by atoms with Gasteiger partial charge in [0.1, 0.15) is 12.4 Å². The molecule has 3 aromatic carbocycles. The Hall–Kier alpha value is -2.65. The molecular weight excluding hydrogens is 370 g/mol. The van der Waals surface area contributed by atoms with Crippen molar-refractivity contribution in [3.8, 4) is 5.75 Å². The van der Waals surface area contributed by atoms with Crippen molar-refractivity contribution < 1.29 is 9.53 Å². The van der Waals surface area contributed by atoms with Crippen LogP contribution >= 0.6 is 12.4 Å². The molecule has 1 heterocycles. The van der Waals surface area contributed by atoms with Gasteiger partial charge >= 0.3 is 0 Å². The third kappa shape index (κ3) is 3.95. The first kappa shape index (κ1) is 20.1. The van der Waals surface area contributed by atoms with E-state index in [2.05, 4.69) is 50.2 Å². The van der Waals surface area contributed by atoms with Gasteiger partial charge in [0.05, 0.1) is 11.3 Å². The van der Waals surface area contributed by atoms with E-state index in [4.69, 9.17) is 9.73 Å². The molecule has 0 aliphatic carbocycles. The summed E-state index contributed by atoms with van der Waals surface area (Å²) in [4.78, 5) is 16.4. The van der Waals surface area contributed by atoms with Gasteiger partial charge in [0.15, 0.2) is 5.78 Å². The first-order valence-electron chi connectivity index (χ1n) is 9.26. The molecule has 4 heteroatoms. The normalized spacial score (nSPS) is 14.6. The molecule has 3 aromatic rings. The molecule has 0 saturated heterocycles. The van der Waals surface area contributed by atoms with Gasteiger partial charge in [0.2, 0.25) is 0 Å². The van der Waals surface area contributed by atoms with E-state index in [9.17, 15) is 4.79 Å². The van der Waals surface area contributed by atoms with Crippen LogP contribution in [0.5, 0.6) is 5.75 Å². The number of halogens is 1. The van der Waals surface area contributed by atoms with Crippen molar-refractivity contribution in [3.05, 3.63) is 77.4 Å². The van der Waals surface area contributed by atoms with Crippen molar-refractivity contribution in [1.29, 1.82) is 0 Å². The summed E-state index contributed by atoms with van der Waals surface area (Å²) in [5, 5.41) is 2.55. The second-order valence-electron chi connectivity index (χ2n) is 7.73. The predicted octanol–water partition coefficient (Wildman–Crippen LogP) is 5.67. The van der Waals surface area contributed by atoms with E-state index in [0.29, 0.717) is 12.2 Å². The number of rotatable bonds is 4. The van der Waals surface area contributed by atoms with Gasteiger partial charge in [0, 0.05) is 11.1 Å². The Morgan fingerprint density at radius 2 is 1.75 bits per heavy atom. The smallest absolute Gasteiger partial charge is 0.159 e. The Labute approximate surface area is 171 Å². The van der Waals surface area contributed by atoms with Crippen LogP contribution in [-0.2, 0) is 6.42 Å². The Bertz CT molecular complexity index is 1050. The van der Waals surface area contributed by atoms with Crippen LogP contribution in [0.2, 0.25) is 0 Å². The highest BCUT2D eigenvalue weighted by molar-refractivity contribution is 6.08. The van der Waals surface area contributed by atoms with E-state index in [1.54, 1.807) is 19.1 Å². The molecule has 0 N–H and O–H groups in total. The average molecular weight is 394 g/mol. The highest BCUT2D eigenvalue weighted by atomic mass is 35.5. The summed E-state index contributed by atoms with van der Waals surface area (Å²) in [5.74, 6) is 0.800. The summed E-state index contributed by atoms with van der Waals surface area (Å²) in [5.41, 5.74) is 4.03. The lowest BCUT2D eigenvalue weighted by molar-refractivity contribution is 0.101. The summed E-state index contributed by atoms with van der Waals surface area (Å²) in [6.45, 7) is 6.31. The number of aliphatic imine (C=N–C) groups is 1. The number of carbonyl (C=O) groups is 1. The lowest BCUT2D eigenvalue weighted by Gasteiger charge is -2.30. The fraction of sp³-hybridized carbons (Fsp3) is 0.250. The highest BCUT2D eigenvalue weighted by Gasteiger charge is 2.28. The predicted molar refractivity (Wildman–Crippen MR) is 117 cm³/mol. The Kier molecular flexibility index (Phi) is 5.57. The third-order valence-corrected chi connectivity index (χ3v) is 5.03. The van der Waals surface area contributed by atoms with Gasteiger partial charge in [0.25, 0.3) is 0 Å². The molecule has 0 unspecified atom stereocenters. The maximum Gasteiger partial charge on any atom is 0.159 e. The number of Topliss-reactive ketones (excluding diaryl/α,β-unsaturated/α-hetero) is 1. The average Bonchev–Trinajstić information content (AvgIpc) is 2.65. The van der Waals surface area contributed by atoms with Crippen molar-refractivity contribution in [2.75, 3.05) is 6.61 Å². The molecule has 1 aliphatic heterocycles. The molecule has 1 aliphatic rings. The van der Waals surface area contributed by atoms with Crippen molar-refractivity contribution in [3.63, 3.8) is 0 Å². The maximum atomic E-state index is 11.4. The zero-order valence-corrected chi connectivity index (χ0v) is 17.2. The third-order valence-electron chi connectivity index (χ3n) is 5.03. The van der Waals surface area contributed by atoms with E-state index in [1.165, 1.54) is 21.9 Å². The summed E-state index contributed by atoms with van der Waals surface area (Å²) >= 11 is 0. The maximum absolute atomic E-state index is 11.4. The highest BCUT2D eigenvalue weighted by Crippen LogP contribution is 2.32. The number of ketones is 1. The van der Waals surface area contributed by atoms with E-state index in [0.717, 1.165) is 17.9 Å². The zero-order chi connectivity index (χ0) is 19.0. The van der Waals surface area contributed by atoms with Gasteiger partial charge < -0.3 is 4.74 Å². The molecule has 0 bridgehead atoms. The molecule has 0 saturated carbocycles. The first-order valence-corrected chi connectivity index (χ1v) is 9.26. The summed E-state index contributed by atoms with van der Waals surface area (Å²) in [7, 11) is 0. The number of benzene rings is 3. The number of carbonyl (C=O) groups excluding carboxylic acids is 1. The number of ether oxygens (including phenoxy) is 1. The van der Waals surface area contributed by atoms with Crippen molar-refractivity contribution in [1.82, 2.24) is 0 Å². The van der Waals surface area contributed by atoms with Gasteiger partial charge in [-0.25, -0.2) is 0 Å². The van der Waals surface area contributed by atoms with Gasteiger partial charge in [-0.3, -0.25) is 9.79 Å². The molecule has 3 nitrogen and oxygen atoms in total. The zero-order valence-electron chi connectivity index (χ0n) is 16.4. The molecule has 0 atom stereocenters. The Morgan fingerprint density at radius 1 is 1.04 bits per heavy atom. The van der Waals surface area contributed by atoms with Crippen LogP contribution in [0, 0.1) is 0 Å². The number of nitrogens with zero attached hydrogens (tertiary/aromatic N) is 1. The molecule has 28 heavy (non-hydrogen) atoms. The summed E-state index contributed by atoms with van der Waals surface area (Å²) in [6.07, 6.45) is 0.917. The molecule has 0 radical (unpaired) electrons. The van der Waals surface area contributed by atoms with Gasteiger partial charge in [-0.1, -0.05) is 36.4 Å². The van der Waals surface area contributed by atoms with Crippen LogP contribution in [0.15, 0.2) is 65.7 Å². The van der Waals surface area contributed by atoms with Gasteiger partial charge in [-0.2, -0.15) is 0 Å². The number of fused-ring (bicyclic) bond motifs is 3. The fourth-order valence-electron chi connectivity index (χ4n) is 3.74. The SMILES string of the molecule is CC(=O)c1ccc(OCC2=NC(C)(C)Cc3c2ccc2ccccc32)cc1.Cl. The fourth-order valence-corrected chi connectivity index (χ4v) is 3.74. The van der Waals surface area contributed by atoms with Crippen LogP contribution in [0.3, 0.4) is 0 Å². The lowest BCUT2D eigenvalue weighted by atomic mass is 9.84. The van der Waals surface area contributed by atoms with Crippen LogP contribution in [-0.4, -0.2) is 23.6 Å². The van der Waals surface area contributed by atoms with E-state index in [-0.39, 0.29) is 23.7 Å². The van der Waals surface area contributed by atoms with Gasteiger partial charge in [-0.05, 0) is 67.8 Å². The molecule has 0 spiro atoms. The largest absolute Gasteiger partial charge is 0.487 e. The molecule has 4 rings (SSSR count). The lowest BCUT2D eigenvalue weighted by Crippen LogP contribution is -2.31. The topological polar surface area (TPSA) is 38.7 Å².